The van der Waals surface area contributed by atoms with Gasteiger partial charge in [-0.1, -0.05) is 18.2 Å². The van der Waals surface area contributed by atoms with Crippen LogP contribution in [0.15, 0.2) is 24.3 Å². The lowest BCUT2D eigenvalue weighted by Crippen LogP contribution is -2.50. The molecule has 5 heteroatoms. The summed E-state index contributed by atoms with van der Waals surface area (Å²) in [4.78, 5) is 22.7. The van der Waals surface area contributed by atoms with E-state index in [0.717, 1.165) is 5.56 Å². The van der Waals surface area contributed by atoms with Crippen molar-refractivity contribution in [1.29, 1.82) is 0 Å². The lowest BCUT2D eigenvalue weighted by atomic mass is 10.0. The zero-order chi connectivity index (χ0) is 13.8. The van der Waals surface area contributed by atoms with E-state index in [1.54, 1.807) is 32.0 Å². The minimum Gasteiger partial charge on any atom is -0.465 e. The molecule has 5 nitrogen and oxygen atoms in total. The van der Waals surface area contributed by atoms with Crippen LogP contribution in [0, 0.1) is 0 Å². The molecule has 18 heavy (non-hydrogen) atoms. The summed E-state index contributed by atoms with van der Waals surface area (Å²) < 4.78 is 4.70. The van der Waals surface area contributed by atoms with Gasteiger partial charge >= 0.3 is 5.97 Å². The van der Waals surface area contributed by atoms with E-state index in [-0.39, 0.29) is 0 Å². The molecule has 1 aromatic carbocycles. The molecule has 98 valence electrons. The van der Waals surface area contributed by atoms with E-state index in [0.29, 0.717) is 12.1 Å². The summed E-state index contributed by atoms with van der Waals surface area (Å²) in [6, 6.07) is 7.06. The minimum atomic E-state index is -0.830. The normalized spacial score (nSPS) is 11.1. The van der Waals surface area contributed by atoms with Crippen LogP contribution in [-0.2, 0) is 16.1 Å². The quantitative estimate of drug-likeness (QED) is 0.758. The fourth-order valence-corrected chi connectivity index (χ4v) is 1.39. The number of nitrogens with one attached hydrogen (secondary N) is 1. The number of methoxy groups -OCH3 is 1. The Morgan fingerprint density at radius 2 is 1.94 bits per heavy atom. The van der Waals surface area contributed by atoms with E-state index in [1.807, 2.05) is 6.07 Å². The molecule has 0 heterocycles. The van der Waals surface area contributed by atoms with Crippen molar-refractivity contribution < 1.29 is 14.3 Å². The first-order chi connectivity index (χ1) is 8.38. The van der Waals surface area contributed by atoms with Gasteiger partial charge in [-0.2, -0.15) is 0 Å². The molecule has 0 saturated heterocycles. The molecule has 1 rings (SSSR count). The van der Waals surface area contributed by atoms with Crippen molar-refractivity contribution in [1.82, 2.24) is 5.32 Å². The number of ether oxygens (including phenoxy) is 1. The molecule has 0 saturated carbocycles. The molecule has 0 aliphatic carbocycles. The van der Waals surface area contributed by atoms with E-state index in [4.69, 9.17) is 10.5 Å². The highest BCUT2D eigenvalue weighted by Gasteiger charge is 2.24. The fourth-order valence-electron chi connectivity index (χ4n) is 1.39. The van der Waals surface area contributed by atoms with Crippen molar-refractivity contribution in [2.24, 2.45) is 5.73 Å². The number of primary amides is 1. The SMILES string of the molecule is COC(=O)c1ccccc1CNC(C)(C)C(N)=O. The Kier molecular flexibility index (Phi) is 4.44. The highest BCUT2D eigenvalue weighted by molar-refractivity contribution is 5.91. The van der Waals surface area contributed by atoms with Crippen LogP contribution in [0.1, 0.15) is 29.8 Å². The Balaban J connectivity index is 2.86. The summed E-state index contributed by atoms with van der Waals surface area (Å²) in [5.41, 5.74) is 5.68. The van der Waals surface area contributed by atoms with Crippen molar-refractivity contribution in [3.63, 3.8) is 0 Å². The molecular weight excluding hydrogens is 232 g/mol. The first-order valence-corrected chi connectivity index (χ1v) is 5.59. The van der Waals surface area contributed by atoms with E-state index < -0.39 is 17.4 Å². The van der Waals surface area contributed by atoms with Crippen molar-refractivity contribution in [3.05, 3.63) is 35.4 Å². The second kappa shape index (κ2) is 5.64. The third kappa shape index (κ3) is 3.30. The van der Waals surface area contributed by atoms with Gasteiger partial charge < -0.3 is 10.5 Å². The van der Waals surface area contributed by atoms with Crippen molar-refractivity contribution >= 4 is 11.9 Å². The molecule has 0 aliphatic rings. The predicted molar refractivity (Wildman–Crippen MR) is 67.9 cm³/mol. The zero-order valence-electron chi connectivity index (χ0n) is 10.8. The van der Waals surface area contributed by atoms with Crippen LogP contribution in [0.3, 0.4) is 0 Å². The number of nitrogens with two attached hydrogens (primary N) is 1. The molecule has 1 amide bonds. The zero-order valence-corrected chi connectivity index (χ0v) is 10.8. The largest absolute Gasteiger partial charge is 0.465 e. The summed E-state index contributed by atoms with van der Waals surface area (Å²) in [7, 11) is 1.33. The first kappa shape index (κ1) is 14.2. The fraction of sp³-hybridized carbons (Fsp3) is 0.385. The van der Waals surface area contributed by atoms with Crippen molar-refractivity contribution in [2.75, 3.05) is 7.11 Å². The average Bonchev–Trinajstić information content (AvgIpc) is 2.35. The topological polar surface area (TPSA) is 81.4 Å². The highest BCUT2D eigenvalue weighted by Crippen LogP contribution is 2.11. The molecular formula is C13H18N2O3. The maximum Gasteiger partial charge on any atom is 0.338 e. The maximum atomic E-state index is 11.6. The smallest absolute Gasteiger partial charge is 0.338 e. The highest BCUT2D eigenvalue weighted by atomic mass is 16.5. The molecule has 0 atom stereocenters. The van der Waals surface area contributed by atoms with E-state index in [2.05, 4.69) is 5.32 Å². The third-order valence-electron chi connectivity index (χ3n) is 2.76. The van der Waals surface area contributed by atoms with Gasteiger partial charge in [0.05, 0.1) is 18.2 Å². The average molecular weight is 250 g/mol. The summed E-state index contributed by atoms with van der Waals surface area (Å²) in [6.45, 7) is 3.74. The number of esters is 1. The first-order valence-electron chi connectivity index (χ1n) is 5.59. The van der Waals surface area contributed by atoms with Crippen molar-refractivity contribution in [2.45, 2.75) is 25.9 Å². The van der Waals surface area contributed by atoms with Gasteiger partial charge in [-0.3, -0.25) is 10.1 Å². The van der Waals surface area contributed by atoms with Gasteiger partial charge in [-0.05, 0) is 25.5 Å². The van der Waals surface area contributed by atoms with Crippen LogP contribution in [0.5, 0.6) is 0 Å². The van der Waals surface area contributed by atoms with Gasteiger partial charge in [-0.15, -0.1) is 0 Å². The van der Waals surface area contributed by atoms with Gasteiger partial charge in [0, 0.05) is 6.54 Å². The number of amides is 1. The molecule has 0 fully saturated rings. The van der Waals surface area contributed by atoms with Crippen LogP contribution < -0.4 is 11.1 Å². The number of benzene rings is 1. The van der Waals surface area contributed by atoms with Crippen LogP contribution in [0.25, 0.3) is 0 Å². The second-order valence-corrected chi connectivity index (χ2v) is 4.49. The second-order valence-electron chi connectivity index (χ2n) is 4.49. The summed E-state index contributed by atoms with van der Waals surface area (Å²) >= 11 is 0. The number of hydrogen-bond acceptors (Lipinski definition) is 4. The van der Waals surface area contributed by atoms with Crippen LogP contribution >= 0.6 is 0 Å². The molecule has 3 N–H and O–H groups in total. The molecule has 0 unspecified atom stereocenters. The standard InChI is InChI=1S/C13H18N2O3/c1-13(2,12(14)17)15-8-9-6-4-5-7-10(9)11(16)18-3/h4-7,15H,8H2,1-3H3,(H2,14,17). The Hall–Kier alpha value is -1.88. The Morgan fingerprint density at radius 3 is 2.50 bits per heavy atom. The summed E-state index contributed by atoms with van der Waals surface area (Å²) in [5.74, 6) is -0.845. The molecule has 0 aromatic heterocycles. The van der Waals surface area contributed by atoms with E-state index >= 15 is 0 Å². The van der Waals surface area contributed by atoms with Gasteiger partial charge in [0.2, 0.25) is 5.91 Å². The number of rotatable bonds is 5. The monoisotopic (exact) mass is 250 g/mol. The van der Waals surface area contributed by atoms with E-state index in [9.17, 15) is 9.59 Å². The molecule has 1 aromatic rings. The molecule has 0 spiro atoms. The van der Waals surface area contributed by atoms with Gasteiger partial charge in [-0.25, -0.2) is 4.79 Å². The number of carbonyl (C=O) groups is 2. The lowest BCUT2D eigenvalue weighted by molar-refractivity contribution is -0.123. The van der Waals surface area contributed by atoms with Gasteiger partial charge in [0.25, 0.3) is 0 Å². The van der Waals surface area contributed by atoms with E-state index in [1.165, 1.54) is 7.11 Å². The summed E-state index contributed by atoms with van der Waals surface area (Å²) in [5, 5.41) is 3.01. The molecule has 0 radical (unpaired) electrons. The Morgan fingerprint density at radius 1 is 1.33 bits per heavy atom. The van der Waals surface area contributed by atoms with Gasteiger partial charge in [0.15, 0.2) is 0 Å². The maximum absolute atomic E-state index is 11.6. The molecule has 0 aliphatic heterocycles. The Bertz CT molecular complexity index is 455. The number of carbonyl (C=O) groups excluding carboxylic acids is 2. The van der Waals surface area contributed by atoms with Crippen LogP contribution in [0.4, 0.5) is 0 Å². The minimum absolute atomic E-state index is 0.362. The number of hydrogen-bond donors (Lipinski definition) is 2. The summed E-state index contributed by atoms with van der Waals surface area (Å²) in [6.07, 6.45) is 0. The van der Waals surface area contributed by atoms with Crippen LogP contribution in [-0.4, -0.2) is 24.5 Å². The van der Waals surface area contributed by atoms with Crippen molar-refractivity contribution in [3.8, 4) is 0 Å². The molecule has 0 bridgehead atoms. The van der Waals surface area contributed by atoms with Crippen LogP contribution in [0.2, 0.25) is 0 Å². The van der Waals surface area contributed by atoms with Gasteiger partial charge in [0.1, 0.15) is 0 Å². The third-order valence-corrected chi connectivity index (χ3v) is 2.76. The Labute approximate surface area is 106 Å². The predicted octanol–water partition coefficient (Wildman–Crippen LogP) is 0.827. The lowest BCUT2D eigenvalue weighted by Gasteiger charge is -2.22.